The summed E-state index contributed by atoms with van der Waals surface area (Å²) in [5, 5.41) is 3.20. The van der Waals surface area contributed by atoms with Gasteiger partial charge in [-0.1, -0.05) is 20.8 Å². The molecule has 0 amide bonds. The molecule has 4 heteroatoms. The van der Waals surface area contributed by atoms with Crippen molar-refractivity contribution in [3.05, 3.63) is 27.4 Å². The third-order valence-corrected chi connectivity index (χ3v) is 5.77. The van der Waals surface area contributed by atoms with E-state index in [1.165, 1.54) is 9.75 Å². The van der Waals surface area contributed by atoms with Crippen LogP contribution in [-0.4, -0.2) is 4.98 Å². The summed E-state index contributed by atoms with van der Waals surface area (Å²) >= 11 is 3.52. The maximum Gasteiger partial charge on any atom is 0.113 e. The number of aryl methyl sites for hydroxylation is 1. The van der Waals surface area contributed by atoms with Gasteiger partial charge in [-0.15, -0.1) is 22.7 Å². The van der Waals surface area contributed by atoms with Crippen molar-refractivity contribution in [2.45, 2.75) is 45.6 Å². The molecule has 0 saturated heterocycles. The molecule has 0 aromatic carbocycles. The molecule has 0 radical (unpaired) electrons. The summed E-state index contributed by atoms with van der Waals surface area (Å²) in [4.78, 5) is 7.41. The second-order valence-corrected chi connectivity index (χ2v) is 6.55. The normalized spacial score (nSPS) is 12.0. The van der Waals surface area contributed by atoms with Crippen LogP contribution in [-0.2, 0) is 12.0 Å². The fraction of sp³-hybridized carbons (Fsp3) is 0.500. The standard InChI is InChI=1S/C14H20N2S2/c1-4-10-7-8-12(18-10)11-9-17-13(16-11)14(15,5-2)6-3/h7-9H,4-6,15H2,1-3H3. The lowest BCUT2D eigenvalue weighted by Gasteiger charge is -2.23. The molecule has 18 heavy (non-hydrogen) atoms. The van der Waals surface area contributed by atoms with E-state index >= 15 is 0 Å². The molecule has 0 fully saturated rings. The summed E-state index contributed by atoms with van der Waals surface area (Å²) in [6.45, 7) is 6.44. The lowest BCUT2D eigenvalue weighted by molar-refractivity contribution is 0.411. The number of thiazole rings is 1. The topological polar surface area (TPSA) is 38.9 Å². The molecule has 0 aliphatic carbocycles. The average molecular weight is 280 g/mol. The van der Waals surface area contributed by atoms with E-state index in [-0.39, 0.29) is 5.54 Å². The predicted octanol–water partition coefficient (Wildman–Crippen LogP) is 4.41. The van der Waals surface area contributed by atoms with Gasteiger partial charge < -0.3 is 5.73 Å². The average Bonchev–Trinajstić information content (AvgIpc) is 3.05. The van der Waals surface area contributed by atoms with Crippen LogP contribution in [0.25, 0.3) is 10.6 Å². The Balaban J connectivity index is 2.30. The molecule has 0 saturated carbocycles. The molecule has 98 valence electrons. The molecule has 2 nitrogen and oxygen atoms in total. The SMILES string of the molecule is CCc1ccc(-c2csc(C(N)(CC)CC)n2)s1. The first-order valence-electron chi connectivity index (χ1n) is 6.47. The molecule has 0 aliphatic heterocycles. The van der Waals surface area contributed by atoms with Crippen molar-refractivity contribution in [2.75, 3.05) is 0 Å². The van der Waals surface area contributed by atoms with Gasteiger partial charge in [0.15, 0.2) is 0 Å². The van der Waals surface area contributed by atoms with Gasteiger partial charge in [0.2, 0.25) is 0 Å². The maximum absolute atomic E-state index is 6.39. The smallest absolute Gasteiger partial charge is 0.113 e. The van der Waals surface area contributed by atoms with Crippen molar-refractivity contribution in [3.8, 4) is 10.6 Å². The van der Waals surface area contributed by atoms with Crippen LogP contribution in [0.1, 0.15) is 43.5 Å². The summed E-state index contributed by atoms with van der Waals surface area (Å²) in [6, 6.07) is 4.35. The van der Waals surface area contributed by atoms with E-state index in [0.29, 0.717) is 0 Å². The van der Waals surface area contributed by atoms with Crippen LogP contribution in [0.3, 0.4) is 0 Å². The number of nitrogens with zero attached hydrogens (tertiary/aromatic N) is 1. The molecule has 0 unspecified atom stereocenters. The minimum absolute atomic E-state index is 0.256. The third kappa shape index (κ3) is 2.51. The van der Waals surface area contributed by atoms with Crippen LogP contribution >= 0.6 is 22.7 Å². The Morgan fingerprint density at radius 2 is 1.94 bits per heavy atom. The van der Waals surface area contributed by atoms with Gasteiger partial charge in [0.25, 0.3) is 0 Å². The Kier molecular flexibility index (Phi) is 4.20. The number of aromatic nitrogens is 1. The molecule has 2 heterocycles. The van der Waals surface area contributed by atoms with E-state index in [1.807, 2.05) is 11.3 Å². The van der Waals surface area contributed by atoms with Crippen molar-refractivity contribution in [2.24, 2.45) is 5.73 Å². The van der Waals surface area contributed by atoms with Crippen molar-refractivity contribution in [1.82, 2.24) is 4.98 Å². The maximum atomic E-state index is 6.39. The van der Waals surface area contributed by atoms with Gasteiger partial charge in [-0.25, -0.2) is 4.98 Å². The highest BCUT2D eigenvalue weighted by Gasteiger charge is 2.26. The third-order valence-electron chi connectivity index (χ3n) is 3.45. The van der Waals surface area contributed by atoms with Gasteiger partial charge in [-0.3, -0.25) is 0 Å². The molecule has 0 bridgehead atoms. The quantitative estimate of drug-likeness (QED) is 0.881. The second-order valence-electron chi connectivity index (χ2n) is 4.52. The second kappa shape index (κ2) is 5.51. The number of thiophene rings is 1. The molecule has 2 aromatic rings. The van der Waals surface area contributed by atoms with Gasteiger partial charge in [0.1, 0.15) is 5.01 Å². The molecule has 2 aromatic heterocycles. The lowest BCUT2D eigenvalue weighted by Crippen LogP contribution is -2.34. The molecule has 0 aliphatic rings. The van der Waals surface area contributed by atoms with E-state index in [0.717, 1.165) is 30.0 Å². The highest BCUT2D eigenvalue weighted by atomic mass is 32.1. The van der Waals surface area contributed by atoms with E-state index in [9.17, 15) is 0 Å². The van der Waals surface area contributed by atoms with Crippen molar-refractivity contribution in [1.29, 1.82) is 0 Å². The number of hydrogen-bond acceptors (Lipinski definition) is 4. The number of nitrogens with two attached hydrogens (primary N) is 1. The Bertz CT molecular complexity index is 509. The number of rotatable bonds is 5. The van der Waals surface area contributed by atoms with Crippen molar-refractivity contribution >= 4 is 22.7 Å². The molecule has 0 atom stereocenters. The monoisotopic (exact) mass is 280 g/mol. The van der Waals surface area contributed by atoms with Crippen LogP contribution in [0.15, 0.2) is 17.5 Å². The summed E-state index contributed by atoms with van der Waals surface area (Å²) in [7, 11) is 0. The van der Waals surface area contributed by atoms with Crippen LogP contribution in [0.2, 0.25) is 0 Å². The minimum Gasteiger partial charge on any atom is -0.319 e. The van der Waals surface area contributed by atoms with E-state index in [2.05, 4.69) is 38.3 Å². The van der Waals surface area contributed by atoms with Crippen molar-refractivity contribution < 1.29 is 0 Å². The zero-order chi connectivity index (χ0) is 13.2. The summed E-state index contributed by atoms with van der Waals surface area (Å²) in [5.41, 5.74) is 7.22. The van der Waals surface area contributed by atoms with Gasteiger partial charge in [-0.2, -0.15) is 0 Å². The lowest BCUT2D eigenvalue weighted by atomic mass is 9.95. The zero-order valence-corrected chi connectivity index (χ0v) is 12.8. The minimum atomic E-state index is -0.256. The fourth-order valence-corrected chi connectivity index (χ4v) is 3.93. The molecular formula is C14H20N2S2. The Hall–Kier alpha value is -0.710. The summed E-state index contributed by atoms with van der Waals surface area (Å²) < 4.78 is 0. The molecular weight excluding hydrogens is 260 g/mol. The highest BCUT2D eigenvalue weighted by molar-refractivity contribution is 7.16. The van der Waals surface area contributed by atoms with E-state index < -0.39 is 0 Å². The van der Waals surface area contributed by atoms with Crippen molar-refractivity contribution in [3.63, 3.8) is 0 Å². The van der Waals surface area contributed by atoms with Crippen LogP contribution in [0, 0.1) is 0 Å². The van der Waals surface area contributed by atoms with Crippen LogP contribution < -0.4 is 5.73 Å². The fourth-order valence-electron chi connectivity index (χ4n) is 1.87. The molecule has 0 spiro atoms. The predicted molar refractivity (Wildman–Crippen MR) is 81.3 cm³/mol. The molecule has 2 rings (SSSR count). The number of hydrogen-bond donors (Lipinski definition) is 1. The van der Waals surface area contributed by atoms with Gasteiger partial charge >= 0.3 is 0 Å². The van der Waals surface area contributed by atoms with E-state index in [4.69, 9.17) is 10.7 Å². The van der Waals surface area contributed by atoms with E-state index in [1.54, 1.807) is 11.3 Å². The van der Waals surface area contributed by atoms with Gasteiger partial charge in [0.05, 0.1) is 16.1 Å². The zero-order valence-electron chi connectivity index (χ0n) is 11.2. The molecule has 2 N–H and O–H groups in total. The largest absolute Gasteiger partial charge is 0.319 e. The Labute approximate surface area is 117 Å². The first-order chi connectivity index (χ1) is 8.62. The highest BCUT2D eigenvalue weighted by Crippen LogP contribution is 2.34. The van der Waals surface area contributed by atoms with Gasteiger partial charge in [-0.05, 0) is 31.4 Å². The Morgan fingerprint density at radius 1 is 1.22 bits per heavy atom. The summed E-state index contributed by atoms with van der Waals surface area (Å²) in [6.07, 6.45) is 2.95. The summed E-state index contributed by atoms with van der Waals surface area (Å²) in [5.74, 6) is 0. The first kappa shape index (κ1) is 13.7. The van der Waals surface area contributed by atoms with Crippen LogP contribution in [0.4, 0.5) is 0 Å². The van der Waals surface area contributed by atoms with Gasteiger partial charge in [0, 0.05) is 10.3 Å². The Morgan fingerprint density at radius 3 is 2.50 bits per heavy atom. The first-order valence-corrected chi connectivity index (χ1v) is 8.16. The van der Waals surface area contributed by atoms with Crippen LogP contribution in [0.5, 0.6) is 0 Å².